The summed E-state index contributed by atoms with van der Waals surface area (Å²) < 4.78 is 6.27. The lowest BCUT2D eigenvalue weighted by Crippen LogP contribution is -2.29. The maximum atomic E-state index is 11.2. The molecule has 0 spiro atoms. The second kappa shape index (κ2) is 8.48. The molecule has 1 N–H and O–H groups in total. The predicted molar refractivity (Wildman–Crippen MR) is 130 cm³/mol. The SMILES string of the molecule is Cc1ccc(N2C(=S)N[C@H](c3ccccn3)[C@H]2c2ccc(-c3cccc([N+](=O)[O-])c3)o2)cc1. The van der Waals surface area contributed by atoms with Gasteiger partial charge in [0, 0.05) is 29.6 Å². The van der Waals surface area contributed by atoms with Crippen molar-refractivity contribution < 1.29 is 9.34 Å². The number of non-ortho nitro benzene ring substituents is 1. The zero-order valence-corrected chi connectivity index (χ0v) is 18.5. The molecule has 0 bridgehead atoms. The topological polar surface area (TPSA) is 84.4 Å². The van der Waals surface area contributed by atoms with Gasteiger partial charge in [-0.1, -0.05) is 35.9 Å². The summed E-state index contributed by atoms with van der Waals surface area (Å²) in [6.07, 6.45) is 1.75. The third-order valence-electron chi connectivity index (χ3n) is 5.67. The van der Waals surface area contributed by atoms with E-state index in [4.69, 9.17) is 16.6 Å². The first-order valence-electron chi connectivity index (χ1n) is 10.4. The third kappa shape index (κ3) is 3.96. The van der Waals surface area contributed by atoms with Crippen molar-refractivity contribution >= 4 is 28.7 Å². The van der Waals surface area contributed by atoms with E-state index in [9.17, 15) is 10.1 Å². The van der Waals surface area contributed by atoms with Gasteiger partial charge in [0.2, 0.25) is 0 Å². The van der Waals surface area contributed by atoms with Crippen LogP contribution in [-0.4, -0.2) is 15.0 Å². The van der Waals surface area contributed by atoms with Crippen molar-refractivity contribution in [2.75, 3.05) is 4.90 Å². The number of anilines is 1. The van der Waals surface area contributed by atoms with E-state index < -0.39 is 4.92 Å². The Bertz CT molecular complexity index is 1320. The van der Waals surface area contributed by atoms with Crippen LogP contribution in [-0.2, 0) is 0 Å². The molecule has 1 saturated heterocycles. The van der Waals surface area contributed by atoms with E-state index >= 15 is 0 Å². The third-order valence-corrected chi connectivity index (χ3v) is 5.98. The van der Waals surface area contributed by atoms with Gasteiger partial charge in [-0.15, -0.1) is 0 Å². The van der Waals surface area contributed by atoms with Gasteiger partial charge in [-0.05, 0) is 55.5 Å². The van der Waals surface area contributed by atoms with Gasteiger partial charge in [-0.2, -0.15) is 0 Å². The van der Waals surface area contributed by atoms with Crippen LogP contribution in [0, 0.1) is 17.0 Å². The molecule has 2 aromatic carbocycles. The Morgan fingerprint density at radius 2 is 1.88 bits per heavy atom. The van der Waals surface area contributed by atoms with Gasteiger partial charge in [0.1, 0.15) is 17.6 Å². The molecule has 0 radical (unpaired) electrons. The van der Waals surface area contributed by atoms with Gasteiger partial charge in [0.05, 0.1) is 16.7 Å². The molecule has 1 aliphatic heterocycles. The van der Waals surface area contributed by atoms with Crippen LogP contribution in [0.4, 0.5) is 11.4 Å². The van der Waals surface area contributed by atoms with E-state index in [-0.39, 0.29) is 17.8 Å². The quantitative estimate of drug-likeness (QED) is 0.233. The van der Waals surface area contributed by atoms with Crippen LogP contribution in [0.15, 0.2) is 89.5 Å². The summed E-state index contributed by atoms with van der Waals surface area (Å²) in [6, 6.07) is 23.5. The van der Waals surface area contributed by atoms with Crippen LogP contribution in [0.25, 0.3) is 11.3 Å². The highest BCUT2D eigenvalue weighted by Gasteiger charge is 2.42. The van der Waals surface area contributed by atoms with Crippen LogP contribution >= 0.6 is 12.2 Å². The number of hydrogen-bond donors (Lipinski definition) is 1. The lowest BCUT2D eigenvalue weighted by atomic mass is 10.0. The molecule has 8 heteroatoms. The summed E-state index contributed by atoms with van der Waals surface area (Å²) in [5, 5.41) is 15.2. The molecule has 0 unspecified atom stereocenters. The summed E-state index contributed by atoms with van der Waals surface area (Å²) in [5.74, 6) is 1.23. The van der Waals surface area contributed by atoms with E-state index in [1.807, 2.05) is 66.4 Å². The van der Waals surface area contributed by atoms with Gasteiger partial charge < -0.3 is 14.6 Å². The van der Waals surface area contributed by atoms with Crippen LogP contribution in [0.1, 0.15) is 29.1 Å². The molecule has 0 aliphatic carbocycles. The number of furan rings is 1. The summed E-state index contributed by atoms with van der Waals surface area (Å²) in [7, 11) is 0. The minimum Gasteiger partial charge on any atom is -0.459 e. The van der Waals surface area contributed by atoms with E-state index in [1.165, 1.54) is 12.1 Å². The Balaban J connectivity index is 1.58. The van der Waals surface area contributed by atoms with Crippen LogP contribution in [0.3, 0.4) is 0 Å². The second-order valence-electron chi connectivity index (χ2n) is 7.84. The first-order valence-corrected chi connectivity index (χ1v) is 10.8. The Labute approximate surface area is 195 Å². The van der Waals surface area contributed by atoms with E-state index in [1.54, 1.807) is 18.3 Å². The van der Waals surface area contributed by atoms with E-state index in [0.29, 0.717) is 22.2 Å². The highest BCUT2D eigenvalue weighted by atomic mass is 32.1. The molecule has 1 fully saturated rings. The van der Waals surface area contributed by atoms with Crippen LogP contribution in [0.5, 0.6) is 0 Å². The normalized spacial score (nSPS) is 17.7. The minimum atomic E-state index is -0.414. The van der Waals surface area contributed by atoms with Crippen molar-refractivity contribution in [3.05, 3.63) is 112 Å². The number of aromatic nitrogens is 1. The number of nitro groups is 1. The molecule has 7 nitrogen and oxygen atoms in total. The van der Waals surface area contributed by atoms with Gasteiger partial charge in [0.25, 0.3) is 5.69 Å². The zero-order chi connectivity index (χ0) is 22.9. The first-order chi connectivity index (χ1) is 16.0. The summed E-state index contributed by atoms with van der Waals surface area (Å²) in [4.78, 5) is 17.4. The fourth-order valence-electron chi connectivity index (χ4n) is 4.07. The Morgan fingerprint density at radius 1 is 1.06 bits per heavy atom. The minimum absolute atomic E-state index is 0.0156. The van der Waals surface area contributed by atoms with Crippen molar-refractivity contribution in [3.8, 4) is 11.3 Å². The van der Waals surface area contributed by atoms with E-state index in [0.717, 1.165) is 16.9 Å². The predicted octanol–water partition coefficient (Wildman–Crippen LogP) is 5.74. The van der Waals surface area contributed by atoms with Crippen molar-refractivity contribution in [2.24, 2.45) is 0 Å². The monoisotopic (exact) mass is 456 g/mol. The maximum absolute atomic E-state index is 11.2. The Morgan fingerprint density at radius 3 is 2.61 bits per heavy atom. The zero-order valence-electron chi connectivity index (χ0n) is 17.7. The molecule has 3 heterocycles. The first kappa shape index (κ1) is 20.8. The standard InChI is InChI=1S/C25H20N4O3S/c1-16-8-10-18(11-9-16)28-24(23(27-25(28)33)20-7-2-3-14-26-20)22-13-12-21(32-22)17-5-4-6-19(15-17)29(30)31/h2-15,23-24H,1H3,(H,27,33)/t23-,24-/m1/s1. The lowest BCUT2D eigenvalue weighted by molar-refractivity contribution is -0.384. The van der Waals surface area contributed by atoms with Crippen molar-refractivity contribution in [2.45, 2.75) is 19.0 Å². The number of rotatable bonds is 5. The lowest BCUT2D eigenvalue weighted by Gasteiger charge is -2.26. The number of aryl methyl sites for hydroxylation is 1. The molecule has 0 saturated carbocycles. The molecule has 33 heavy (non-hydrogen) atoms. The summed E-state index contributed by atoms with van der Waals surface area (Å²) >= 11 is 5.73. The van der Waals surface area contributed by atoms with Gasteiger partial charge >= 0.3 is 0 Å². The average Bonchev–Trinajstić information content (AvgIpc) is 3.45. The van der Waals surface area contributed by atoms with Gasteiger partial charge in [-0.3, -0.25) is 15.1 Å². The number of nitrogens with one attached hydrogen (secondary N) is 1. The number of nitro benzene ring substituents is 1. The molecule has 164 valence electrons. The average molecular weight is 457 g/mol. The fraction of sp³-hybridized carbons (Fsp3) is 0.120. The largest absolute Gasteiger partial charge is 0.459 e. The smallest absolute Gasteiger partial charge is 0.270 e. The summed E-state index contributed by atoms with van der Waals surface area (Å²) in [6.45, 7) is 2.04. The number of benzene rings is 2. The maximum Gasteiger partial charge on any atom is 0.270 e. The molecule has 0 amide bonds. The number of pyridine rings is 1. The number of hydrogen-bond acceptors (Lipinski definition) is 5. The molecule has 2 aromatic heterocycles. The summed E-state index contributed by atoms with van der Waals surface area (Å²) in [5.41, 5.74) is 3.59. The fourth-order valence-corrected chi connectivity index (χ4v) is 4.41. The van der Waals surface area contributed by atoms with Crippen molar-refractivity contribution in [3.63, 3.8) is 0 Å². The number of nitrogens with zero attached hydrogens (tertiary/aromatic N) is 3. The molecular formula is C25H20N4O3S. The van der Waals surface area contributed by atoms with E-state index in [2.05, 4.69) is 10.3 Å². The molecule has 4 aromatic rings. The molecule has 2 atom stereocenters. The molecule has 1 aliphatic rings. The number of thiocarbonyl (C=S) groups is 1. The Kier molecular flexibility index (Phi) is 5.35. The highest BCUT2D eigenvalue weighted by Crippen LogP contribution is 2.43. The van der Waals surface area contributed by atoms with Crippen LogP contribution in [0.2, 0.25) is 0 Å². The molecular weight excluding hydrogens is 436 g/mol. The highest BCUT2D eigenvalue weighted by molar-refractivity contribution is 7.80. The molecule has 5 rings (SSSR count). The Hall–Kier alpha value is -4.04. The second-order valence-corrected chi connectivity index (χ2v) is 8.23. The van der Waals surface area contributed by atoms with Crippen molar-refractivity contribution in [1.29, 1.82) is 0 Å². The van der Waals surface area contributed by atoms with Gasteiger partial charge in [0.15, 0.2) is 5.11 Å². The van der Waals surface area contributed by atoms with Crippen LogP contribution < -0.4 is 10.2 Å². The van der Waals surface area contributed by atoms with Crippen molar-refractivity contribution in [1.82, 2.24) is 10.3 Å². The van der Waals surface area contributed by atoms with Gasteiger partial charge in [-0.25, -0.2) is 0 Å².